The van der Waals surface area contributed by atoms with Gasteiger partial charge < -0.3 is 8.92 Å². The summed E-state index contributed by atoms with van der Waals surface area (Å²) in [6.07, 6.45) is 6.25. The molecule has 4 rings (SSSR count). The summed E-state index contributed by atoms with van der Waals surface area (Å²) in [6, 6.07) is 3.94. The Balaban J connectivity index is 1.59. The fourth-order valence-electron chi connectivity index (χ4n) is 6.15. The van der Waals surface area contributed by atoms with Crippen LogP contribution in [0.5, 0.6) is 5.75 Å². The minimum Gasteiger partial charge on any atom is -0.462 e. The van der Waals surface area contributed by atoms with Crippen LogP contribution < -0.4 is 10.1 Å². The van der Waals surface area contributed by atoms with E-state index in [4.69, 9.17) is 21.4 Å². The fourth-order valence-corrected chi connectivity index (χ4v) is 6.42. The zero-order chi connectivity index (χ0) is 20.6. The molecule has 7 nitrogen and oxygen atoms in total. The SMILES string of the molecule is [C-]#[N+]c1cc2c(cc1OSOON)CCC1C2CCC2(C)C(OC(C)=O)CCC12. The summed E-state index contributed by atoms with van der Waals surface area (Å²) < 4.78 is 15.6. The van der Waals surface area contributed by atoms with Crippen LogP contribution in [0.1, 0.15) is 63.0 Å². The van der Waals surface area contributed by atoms with E-state index in [-0.39, 0.29) is 17.5 Å². The summed E-state index contributed by atoms with van der Waals surface area (Å²) in [5, 5.41) is 0. The van der Waals surface area contributed by atoms with Crippen LogP contribution in [0, 0.1) is 23.8 Å². The second-order valence-corrected chi connectivity index (χ2v) is 9.02. The summed E-state index contributed by atoms with van der Waals surface area (Å²) in [7, 11) is 0. The van der Waals surface area contributed by atoms with E-state index in [1.165, 1.54) is 18.1 Å². The first kappa shape index (κ1) is 20.5. The molecule has 0 aliphatic heterocycles. The van der Waals surface area contributed by atoms with Crippen molar-refractivity contribution in [3.63, 3.8) is 0 Å². The van der Waals surface area contributed by atoms with E-state index in [0.29, 0.717) is 41.5 Å². The maximum atomic E-state index is 11.6. The smallest absolute Gasteiger partial charge is 0.302 e. The molecular formula is C21H26N2O5S. The molecule has 1 aromatic rings. The summed E-state index contributed by atoms with van der Waals surface area (Å²) in [4.78, 5) is 19.3. The molecule has 2 N–H and O–H groups in total. The van der Waals surface area contributed by atoms with Gasteiger partial charge >= 0.3 is 5.97 Å². The molecule has 5 unspecified atom stereocenters. The van der Waals surface area contributed by atoms with Gasteiger partial charge in [-0.25, -0.2) is 4.85 Å². The van der Waals surface area contributed by atoms with Crippen LogP contribution in [0.2, 0.25) is 0 Å². The van der Waals surface area contributed by atoms with Crippen LogP contribution in [0.25, 0.3) is 4.85 Å². The summed E-state index contributed by atoms with van der Waals surface area (Å²) in [6.45, 7) is 11.4. The van der Waals surface area contributed by atoms with Crippen LogP contribution in [-0.2, 0) is 25.3 Å². The molecule has 3 aliphatic carbocycles. The van der Waals surface area contributed by atoms with E-state index < -0.39 is 0 Å². The molecular weight excluding hydrogens is 392 g/mol. The normalized spacial score (nSPS) is 32.5. The number of ether oxygens (including phenoxy) is 1. The molecule has 156 valence electrons. The van der Waals surface area contributed by atoms with Crippen molar-refractivity contribution in [2.24, 2.45) is 23.1 Å². The zero-order valence-electron chi connectivity index (χ0n) is 16.7. The molecule has 29 heavy (non-hydrogen) atoms. The van der Waals surface area contributed by atoms with E-state index in [9.17, 15) is 4.79 Å². The Morgan fingerprint density at radius 2 is 2.14 bits per heavy atom. The van der Waals surface area contributed by atoms with E-state index in [1.54, 1.807) is 0 Å². The van der Waals surface area contributed by atoms with Crippen LogP contribution in [0.3, 0.4) is 0 Å². The van der Waals surface area contributed by atoms with Gasteiger partial charge in [0.05, 0.1) is 6.57 Å². The molecule has 0 saturated heterocycles. The number of fused-ring (bicyclic) bond motifs is 5. The number of benzene rings is 1. The van der Waals surface area contributed by atoms with Crippen molar-refractivity contribution in [3.05, 3.63) is 34.7 Å². The minimum absolute atomic E-state index is 0.0312. The Hall–Kier alpha value is -1.79. The van der Waals surface area contributed by atoms with Gasteiger partial charge in [0.2, 0.25) is 5.69 Å². The standard InChI is InChI=1S/C21H26N2O5S/c1-12(24)25-20-7-6-17-15-5-4-13-10-19(26-29-28-27-22)18(23-3)11-16(13)14(15)8-9-21(17,20)2/h10-11,14-15,17,20H,4-9,22H2,1-2H3. The van der Waals surface area contributed by atoms with Gasteiger partial charge in [-0.05, 0) is 74.0 Å². The van der Waals surface area contributed by atoms with Gasteiger partial charge in [0.15, 0.2) is 0 Å². The average Bonchev–Trinajstić information content (AvgIpc) is 3.03. The number of hydrogen-bond donors (Lipinski definition) is 1. The summed E-state index contributed by atoms with van der Waals surface area (Å²) in [5.41, 5.74) is 3.04. The molecule has 0 amide bonds. The first-order chi connectivity index (χ1) is 14.0. The fraction of sp³-hybridized carbons (Fsp3) is 0.619. The maximum Gasteiger partial charge on any atom is 0.302 e. The Morgan fingerprint density at radius 3 is 2.86 bits per heavy atom. The van der Waals surface area contributed by atoms with Crippen LogP contribution in [0.15, 0.2) is 12.1 Å². The van der Waals surface area contributed by atoms with Gasteiger partial charge in [0.1, 0.15) is 11.9 Å². The quantitative estimate of drug-likeness (QED) is 0.184. The molecule has 5 atom stereocenters. The Bertz CT molecular complexity index is 841. The number of rotatable bonds is 5. The van der Waals surface area contributed by atoms with Crippen LogP contribution in [0.4, 0.5) is 5.69 Å². The first-order valence-electron chi connectivity index (χ1n) is 10.1. The average molecular weight is 419 g/mol. The van der Waals surface area contributed by atoms with Crippen molar-refractivity contribution in [1.82, 2.24) is 0 Å². The van der Waals surface area contributed by atoms with Gasteiger partial charge in [-0.3, -0.25) is 4.79 Å². The number of hydrogen-bond acceptors (Lipinski definition) is 7. The first-order valence-corrected chi connectivity index (χ1v) is 10.7. The van der Waals surface area contributed by atoms with Crippen molar-refractivity contribution < 1.29 is 23.0 Å². The summed E-state index contributed by atoms with van der Waals surface area (Å²) >= 11 is 0.594. The van der Waals surface area contributed by atoms with Gasteiger partial charge in [-0.1, -0.05) is 12.5 Å². The highest BCUT2D eigenvalue weighted by atomic mass is 32.2. The number of esters is 1. The Labute approximate surface area is 175 Å². The van der Waals surface area contributed by atoms with Crippen molar-refractivity contribution in [2.45, 2.75) is 64.4 Å². The summed E-state index contributed by atoms with van der Waals surface area (Å²) in [5.74, 6) is 6.68. The Kier molecular flexibility index (Phi) is 5.76. The van der Waals surface area contributed by atoms with E-state index in [0.717, 1.165) is 38.5 Å². The van der Waals surface area contributed by atoms with Crippen LogP contribution >= 0.6 is 12.3 Å². The second kappa shape index (κ2) is 8.15. The number of nitrogens with two attached hydrogens (primary N) is 1. The van der Waals surface area contributed by atoms with Crippen molar-refractivity contribution >= 4 is 24.0 Å². The molecule has 8 heteroatoms. The van der Waals surface area contributed by atoms with E-state index in [1.807, 2.05) is 12.1 Å². The largest absolute Gasteiger partial charge is 0.462 e. The monoisotopic (exact) mass is 418 g/mol. The number of nitrogens with zero attached hydrogens (tertiary/aromatic N) is 1. The maximum absolute atomic E-state index is 11.6. The van der Waals surface area contributed by atoms with Crippen molar-refractivity contribution in [1.29, 1.82) is 0 Å². The molecule has 3 aliphatic rings. The Morgan fingerprint density at radius 1 is 1.31 bits per heavy atom. The highest BCUT2D eigenvalue weighted by Gasteiger charge is 2.56. The molecule has 2 saturated carbocycles. The van der Waals surface area contributed by atoms with Gasteiger partial charge in [0, 0.05) is 12.3 Å². The molecule has 1 aromatic carbocycles. The van der Waals surface area contributed by atoms with Gasteiger partial charge in [-0.2, -0.15) is 5.90 Å². The van der Waals surface area contributed by atoms with Crippen molar-refractivity contribution in [2.75, 3.05) is 0 Å². The third-order valence-electron chi connectivity index (χ3n) is 7.34. The van der Waals surface area contributed by atoms with E-state index in [2.05, 4.69) is 21.1 Å². The molecule has 0 bridgehead atoms. The topological polar surface area (TPSA) is 84.4 Å². The number of carbonyl (C=O) groups excluding carboxylic acids is 1. The van der Waals surface area contributed by atoms with Crippen molar-refractivity contribution in [3.8, 4) is 5.75 Å². The molecule has 0 aromatic heterocycles. The van der Waals surface area contributed by atoms with Gasteiger partial charge in [0.25, 0.3) is 12.3 Å². The second-order valence-electron chi connectivity index (χ2n) is 8.58. The number of carbonyl (C=O) groups is 1. The third kappa shape index (κ3) is 3.61. The lowest BCUT2D eigenvalue weighted by Crippen LogP contribution is -2.45. The molecule has 0 radical (unpaired) electrons. The lowest BCUT2D eigenvalue weighted by Gasteiger charge is -2.50. The molecule has 0 spiro atoms. The van der Waals surface area contributed by atoms with Crippen LogP contribution in [-0.4, -0.2) is 12.1 Å². The third-order valence-corrected chi connectivity index (χ3v) is 7.72. The predicted octanol–water partition coefficient (Wildman–Crippen LogP) is 4.79. The molecule has 0 heterocycles. The number of aryl methyl sites for hydroxylation is 1. The molecule has 2 fully saturated rings. The highest BCUT2D eigenvalue weighted by Crippen LogP contribution is 2.62. The highest BCUT2D eigenvalue weighted by molar-refractivity contribution is 7.90. The zero-order valence-corrected chi connectivity index (χ0v) is 17.5. The van der Waals surface area contributed by atoms with Gasteiger partial charge in [-0.15, -0.1) is 9.32 Å². The predicted molar refractivity (Wildman–Crippen MR) is 107 cm³/mol. The minimum atomic E-state index is -0.177. The van der Waals surface area contributed by atoms with E-state index >= 15 is 0 Å². The lowest BCUT2D eigenvalue weighted by atomic mass is 9.55. The lowest BCUT2D eigenvalue weighted by molar-refractivity contribution is -0.199.